The maximum Gasteiger partial charge on any atom is 0.161 e. The molecule has 2 unspecified atom stereocenters. The summed E-state index contributed by atoms with van der Waals surface area (Å²) in [4.78, 5) is 0.283. The highest BCUT2D eigenvalue weighted by molar-refractivity contribution is 9.11. The lowest BCUT2D eigenvalue weighted by Gasteiger charge is -2.29. The Morgan fingerprint density at radius 2 is 1.60 bits per heavy atom. The average Bonchev–Trinajstić information content (AvgIpc) is 2.36. The first-order chi connectivity index (χ1) is 9.20. The molecule has 0 bridgehead atoms. The molecular formula is C16H24Br2O2. The van der Waals surface area contributed by atoms with Crippen molar-refractivity contribution in [3.8, 4) is 11.5 Å². The molecule has 0 heterocycles. The first-order valence-corrected chi connectivity index (χ1v) is 8.47. The molecule has 0 N–H and O–H groups in total. The smallest absolute Gasteiger partial charge is 0.161 e. The van der Waals surface area contributed by atoms with Crippen LogP contribution in [-0.4, -0.2) is 14.2 Å². The minimum Gasteiger partial charge on any atom is -0.493 e. The van der Waals surface area contributed by atoms with Crippen molar-refractivity contribution in [1.29, 1.82) is 0 Å². The highest BCUT2D eigenvalue weighted by Crippen LogP contribution is 2.43. The lowest BCUT2D eigenvalue weighted by atomic mass is 9.79. The summed E-state index contributed by atoms with van der Waals surface area (Å²) in [6.07, 6.45) is 1.07. The van der Waals surface area contributed by atoms with Gasteiger partial charge in [0.2, 0.25) is 0 Å². The van der Waals surface area contributed by atoms with Gasteiger partial charge in [-0.15, -0.1) is 0 Å². The molecule has 0 saturated heterocycles. The lowest BCUT2D eigenvalue weighted by molar-refractivity contribution is 0.246. The SMILES string of the molecule is COc1cc(Br)c(C(Br)CC(C)C(C)(C)C)cc1OC. The largest absolute Gasteiger partial charge is 0.493 e. The Morgan fingerprint density at radius 3 is 2.05 bits per heavy atom. The van der Waals surface area contributed by atoms with Gasteiger partial charge < -0.3 is 9.47 Å². The van der Waals surface area contributed by atoms with Crippen LogP contribution in [0.5, 0.6) is 11.5 Å². The van der Waals surface area contributed by atoms with Crippen LogP contribution in [0, 0.1) is 11.3 Å². The van der Waals surface area contributed by atoms with Crippen LogP contribution in [0.15, 0.2) is 16.6 Å². The van der Waals surface area contributed by atoms with Crippen molar-refractivity contribution < 1.29 is 9.47 Å². The van der Waals surface area contributed by atoms with E-state index in [0.717, 1.165) is 22.4 Å². The van der Waals surface area contributed by atoms with Gasteiger partial charge >= 0.3 is 0 Å². The minimum absolute atomic E-state index is 0.283. The Hall–Kier alpha value is -0.220. The lowest BCUT2D eigenvalue weighted by Crippen LogP contribution is -2.18. The third-order valence-electron chi connectivity index (χ3n) is 3.88. The van der Waals surface area contributed by atoms with Crippen LogP contribution < -0.4 is 9.47 Å². The molecule has 0 amide bonds. The molecule has 114 valence electrons. The molecular weight excluding hydrogens is 384 g/mol. The zero-order valence-electron chi connectivity index (χ0n) is 13.1. The number of hydrogen-bond acceptors (Lipinski definition) is 2. The zero-order valence-corrected chi connectivity index (χ0v) is 16.3. The average molecular weight is 408 g/mol. The molecule has 0 aliphatic heterocycles. The van der Waals surface area contributed by atoms with Crippen molar-refractivity contribution in [2.75, 3.05) is 14.2 Å². The van der Waals surface area contributed by atoms with Gasteiger partial charge in [0.1, 0.15) is 0 Å². The van der Waals surface area contributed by atoms with E-state index in [1.54, 1.807) is 14.2 Å². The van der Waals surface area contributed by atoms with Crippen LogP contribution in [0.25, 0.3) is 0 Å². The van der Waals surface area contributed by atoms with Gasteiger partial charge in [-0.05, 0) is 35.4 Å². The number of ether oxygens (including phenoxy) is 2. The van der Waals surface area contributed by atoms with Gasteiger partial charge in [-0.3, -0.25) is 0 Å². The molecule has 0 saturated carbocycles. The maximum absolute atomic E-state index is 5.39. The highest BCUT2D eigenvalue weighted by Gasteiger charge is 2.25. The van der Waals surface area contributed by atoms with Crippen LogP contribution in [0.4, 0.5) is 0 Å². The third-order valence-corrected chi connectivity index (χ3v) is 5.43. The second-order valence-electron chi connectivity index (χ2n) is 6.20. The van der Waals surface area contributed by atoms with Crippen molar-refractivity contribution in [1.82, 2.24) is 0 Å². The van der Waals surface area contributed by atoms with Gasteiger partial charge in [0.15, 0.2) is 11.5 Å². The molecule has 0 spiro atoms. The van der Waals surface area contributed by atoms with Gasteiger partial charge in [0.25, 0.3) is 0 Å². The fourth-order valence-electron chi connectivity index (χ4n) is 1.90. The van der Waals surface area contributed by atoms with E-state index in [9.17, 15) is 0 Å². The molecule has 4 heteroatoms. The number of halogens is 2. The molecule has 1 aromatic carbocycles. The van der Waals surface area contributed by atoms with Gasteiger partial charge in [0, 0.05) is 9.30 Å². The van der Waals surface area contributed by atoms with E-state index < -0.39 is 0 Å². The monoisotopic (exact) mass is 406 g/mol. The standard InChI is InChI=1S/C16H24Br2O2/c1-10(16(2,3)4)7-12(17)11-8-14(19-5)15(20-6)9-13(11)18/h8-10,12H,7H2,1-6H3. The summed E-state index contributed by atoms with van der Waals surface area (Å²) < 4.78 is 11.7. The van der Waals surface area contributed by atoms with Crippen LogP contribution in [-0.2, 0) is 0 Å². The molecule has 2 nitrogen and oxygen atoms in total. The van der Waals surface area contributed by atoms with Crippen LogP contribution >= 0.6 is 31.9 Å². The van der Waals surface area contributed by atoms with Gasteiger partial charge in [-0.25, -0.2) is 0 Å². The maximum atomic E-state index is 5.39. The Morgan fingerprint density at radius 1 is 1.10 bits per heavy atom. The highest BCUT2D eigenvalue weighted by atomic mass is 79.9. The molecule has 2 atom stereocenters. The Bertz CT molecular complexity index is 453. The number of methoxy groups -OCH3 is 2. The van der Waals surface area contributed by atoms with Crippen LogP contribution in [0.2, 0.25) is 0 Å². The summed E-state index contributed by atoms with van der Waals surface area (Å²) in [5.74, 6) is 2.11. The normalized spacial score (nSPS) is 14.8. The third kappa shape index (κ3) is 4.39. The molecule has 0 aromatic heterocycles. The molecule has 0 aliphatic carbocycles. The molecule has 1 rings (SSSR count). The topological polar surface area (TPSA) is 18.5 Å². The summed E-state index contributed by atoms with van der Waals surface area (Å²) in [6, 6.07) is 4.00. The fraction of sp³-hybridized carbons (Fsp3) is 0.625. The van der Waals surface area contributed by atoms with Crippen molar-refractivity contribution >= 4 is 31.9 Å². The van der Waals surface area contributed by atoms with E-state index in [1.165, 1.54) is 5.56 Å². The van der Waals surface area contributed by atoms with Gasteiger partial charge in [0.05, 0.1) is 14.2 Å². The summed E-state index contributed by atoms with van der Waals surface area (Å²) in [6.45, 7) is 9.13. The first-order valence-electron chi connectivity index (χ1n) is 6.76. The summed E-state index contributed by atoms with van der Waals surface area (Å²) in [7, 11) is 3.31. The second kappa shape index (κ2) is 7.17. The predicted molar refractivity (Wildman–Crippen MR) is 92.2 cm³/mol. The molecule has 0 fully saturated rings. The fourth-order valence-corrected chi connectivity index (χ4v) is 3.75. The van der Waals surface area contributed by atoms with E-state index in [2.05, 4.69) is 59.6 Å². The number of hydrogen-bond donors (Lipinski definition) is 0. The van der Waals surface area contributed by atoms with E-state index in [-0.39, 0.29) is 4.83 Å². The number of alkyl halides is 1. The van der Waals surface area contributed by atoms with Crippen LogP contribution in [0.1, 0.15) is 44.5 Å². The quantitative estimate of drug-likeness (QED) is 0.559. The van der Waals surface area contributed by atoms with E-state index >= 15 is 0 Å². The minimum atomic E-state index is 0.283. The molecule has 1 aromatic rings. The number of rotatable bonds is 5. The van der Waals surface area contributed by atoms with Crippen LogP contribution in [0.3, 0.4) is 0 Å². The Labute approximate surface area is 139 Å². The summed E-state index contributed by atoms with van der Waals surface area (Å²) >= 11 is 7.44. The van der Waals surface area contributed by atoms with E-state index in [4.69, 9.17) is 9.47 Å². The van der Waals surface area contributed by atoms with Gasteiger partial charge in [-0.1, -0.05) is 59.6 Å². The van der Waals surface area contributed by atoms with Crippen molar-refractivity contribution in [3.05, 3.63) is 22.2 Å². The Balaban J connectivity index is 3.01. The zero-order chi connectivity index (χ0) is 15.5. The summed E-state index contributed by atoms with van der Waals surface area (Å²) in [5.41, 5.74) is 1.49. The molecule has 0 radical (unpaired) electrons. The van der Waals surface area contributed by atoms with E-state index in [1.807, 2.05) is 12.1 Å². The van der Waals surface area contributed by atoms with Crippen molar-refractivity contribution in [2.45, 2.75) is 38.9 Å². The van der Waals surface area contributed by atoms with E-state index in [0.29, 0.717) is 11.3 Å². The first kappa shape index (κ1) is 17.8. The number of benzene rings is 1. The molecule has 0 aliphatic rings. The Kier molecular flexibility index (Phi) is 6.39. The van der Waals surface area contributed by atoms with Crippen molar-refractivity contribution in [2.24, 2.45) is 11.3 Å². The van der Waals surface area contributed by atoms with Crippen molar-refractivity contribution in [3.63, 3.8) is 0 Å². The predicted octanol–water partition coefficient (Wildman–Crippen LogP) is 5.97. The second-order valence-corrected chi connectivity index (χ2v) is 8.16. The summed E-state index contributed by atoms with van der Waals surface area (Å²) in [5, 5.41) is 0. The molecule has 20 heavy (non-hydrogen) atoms. The van der Waals surface area contributed by atoms with Gasteiger partial charge in [-0.2, -0.15) is 0 Å².